The van der Waals surface area contributed by atoms with Crippen molar-refractivity contribution in [1.29, 1.82) is 0 Å². The summed E-state index contributed by atoms with van der Waals surface area (Å²) in [4.78, 5) is 8.79. The molecule has 0 amide bonds. The maximum atomic E-state index is 6.38. The SMILES string of the molecule is COc1cc(CNC2CCC2)ccc1Cn1c2cc(-c3ccn[nH]3)ccc2c2nc(N)nc(N)c21. The van der Waals surface area contributed by atoms with Gasteiger partial charge in [0.2, 0.25) is 5.95 Å². The summed E-state index contributed by atoms with van der Waals surface area (Å²) in [5.74, 6) is 1.35. The van der Waals surface area contributed by atoms with Crippen LogP contribution in [0.5, 0.6) is 5.75 Å². The molecule has 9 nitrogen and oxygen atoms in total. The van der Waals surface area contributed by atoms with Crippen LogP contribution in [-0.4, -0.2) is 37.9 Å². The van der Waals surface area contributed by atoms with Gasteiger partial charge in [-0.15, -0.1) is 0 Å². The molecule has 2 aromatic carbocycles. The summed E-state index contributed by atoms with van der Waals surface area (Å²) in [6.45, 7) is 1.38. The molecule has 0 radical (unpaired) electrons. The van der Waals surface area contributed by atoms with Crippen LogP contribution in [0.15, 0.2) is 48.7 Å². The van der Waals surface area contributed by atoms with E-state index in [4.69, 9.17) is 16.2 Å². The Kier molecular flexibility index (Phi) is 5.26. The third kappa shape index (κ3) is 3.83. The molecule has 6 rings (SSSR count). The first kappa shape index (κ1) is 21.4. The second-order valence-corrected chi connectivity index (χ2v) is 9.11. The highest BCUT2D eigenvalue weighted by Crippen LogP contribution is 2.35. The number of anilines is 2. The number of nitrogens with zero attached hydrogens (tertiary/aromatic N) is 4. The first-order valence-corrected chi connectivity index (χ1v) is 11.8. The van der Waals surface area contributed by atoms with Gasteiger partial charge in [0, 0.05) is 35.3 Å². The number of ether oxygens (including phenoxy) is 1. The van der Waals surface area contributed by atoms with E-state index in [0.29, 0.717) is 18.4 Å². The van der Waals surface area contributed by atoms with Crippen LogP contribution in [0, 0.1) is 0 Å². The van der Waals surface area contributed by atoms with E-state index in [1.54, 1.807) is 13.3 Å². The molecule has 0 aliphatic heterocycles. The minimum atomic E-state index is 0.160. The van der Waals surface area contributed by atoms with E-state index in [0.717, 1.165) is 51.1 Å². The molecule has 0 atom stereocenters. The van der Waals surface area contributed by atoms with E-state index in [9.17, 15) is 0 Å². The Balaban J connectivity index is 1.45. The molecule has 1 saturated carbocycles. The lowest BCUT2D eigenvalue weighted by Gasteiger charge is -2.26. The lowest BCUT2D eigenvalue weighted by Crippen LogP contribution is -2.34. The maximum absolute atomic E-state index is 6.38. The Hall–Kier alpha value is -4.11. The summed E-state index contributed by atoms with van der Waals surface area (Å²) in [6, 6.07) is 15.2. The van der Waals surface area contributed by atoms with Gasteiger partial charge in [0.1, 0.15) is 16.8 Å². The number of nitrogens with one attached hydrogen (secondary N) is 2. The van der Waals surface area contributed by atoms with Crippen LogP contribution in [0.3, 0.4) is 0 Å². The van der Waals surface area contributed by atoms with Crippen molar-refractivity contribution in [1.82, 2.24) is 30.0 Å². The zero-order valence-electron chi connectivity index (χ0n) is 19.6. The van der Waals surface area contributed by atoms with E-state index < -0.39 is 0 Å². The Morgan fingerprint density at radius 2 is 2.00 bits per heavy atom. The summed E-state index contributed by atoms with van der Waals surface area (Å²) in [5, 5.41) is 11.7. The zero-order chi connectivity index (χ0) is 23.9. The maximum Gasteiger partial charge on any atom is 0.222 e. The number of hydrogen-bond acceptors (Lipinski definition) is 7. The Labute approximate surface area is 202 Å². The molecule has 6 N–H and O–H groups in total. The average Bonchev–Trinajstić information content (AvgIpc) is 3.46. The number of benzene rings is 2. The normalized spacial score (nSPS) is 14.0. The third-order valence-corrected chi connectivity index (χ3v) is 6.93. The molecular weight excluding hydrogens is 440 g/mol. The summed E-state index contributed by atoms with van der Waals surface area (Å²) < 4.78 is 7.94. The van der Waals surface area contributed by atoms with Crippen molar-refractivity contribution in [2.24, 2.45) is 0 Å². The van der Waals surface area contributed by atoms with Crippen molar-refractivity contribution >= 4 is 33.7 Å². The van der Waals surface area contributed by atoms with Gasteiger partial charge in [-0.05, 0) is 42.7 Å². The molecule has 0 saturated heterocycles. The van der Waals surface area contributed by atoms with Crippen LogP contribution in [0.1, 0.15) is 30.4 Å². The van der Waals surface area contributed by atoms with E-state index in [-0.39, 0.29) is 5.95 Å². The predicted molar refractivity (Wildman–Crippen MR) is 138 cm³/mol. The van der Waals surface area contributed by atoms with Crippen LogP contribution >= 0.6 is 0 Å². The zero-order valence-corrected chi connectivity index (χ0v) is 19.6. The van der Waals surface area contributed by atoms with Gasteiger partial charge in [0.05, 0.1) is 24.9 Å². The number of H-pyrrole nitrogens is 1. The first-order chi connectivity index (χ1) is 17.1. The largest absolute Gasteiger partial charge is 0.496 e. The fourth-order valence-corrected chi connectivity index (χ4v) is 4.84. The minimum Gasteiger partial charge on any atom is -0.496 e. The number of fused-ring (bicyclic) bond motifs is 3. The highest BCUT2D eigenvalue weighted by Gasteiger charge is 2.20. The standard InChI is InChI=1S/C26H28N8O/c1-35-22-11-15(13-29-18-3-2-4-18)5-6-17(22)14-34-21-12-16(20-9-10-30-33-20)7-8-19(21)23-24(34)25(27)32-26(28)31-23/h5-12,18,29H,2-4,13-14H2,1H3,(H,30,33)(H4,27,28,31,32). The number of nitrogen functional groups attached to an aromatic ring is 2. The van der Waals surface area contributed by atoms with Crippen LogP contribution in [-0.2, 0) is 13.1 Å². The monoisotopic (exact) mass is 468 g/mol. The lowest BCUT2D eigenvalue weighted by atomic mass is 9.93. The van der Waals surface area contributed by atoms with Gasteiger partial charge in [-0.25, -0.2) is 4.98 Å². The van der Waals surface area contributed by atoms with Crippen LogP contribution in [0.4, 0.5) is 11.8 Å². The van der Waals surface area contributed by atoms with Crippen molar-refractivity contribution in [3.8, 4) is 17.0 Å². The molecule has 5 aromatic rings. The molecule has 0 spiro atoms. The van der Waals surface area contributed by atoms with Crippen LogP contribution in [0.25, 0.3) is 33.2 Å². The Morgan fingerprint density at radius 3 is 2.74 bits per heavy atom. The smallest absolute Gasteiger partial charge is 0.222 e. The molecule has 1 aliphatic rings. The van der Waals surface area contributed by atoms with E-state index in [2.05, 4.69) is 54.3 Å². The van der Waals surface area contributed by atoms with Crippen LogP contribution < -0.4 is 21.5 Å². The molecule has 3 aromatic heterocycles. The van der Waals surface area contributed by atoms with Crippen molar-refractivity contribution in [2.45, 2.75) is 38.4 Å². The number of rotatable bonds is 7. The molecule has 1 aliphatic carbocycles. The van der Waals surface area contributed by atoms with Gasteiger partial charge in [-0.2, -0.15) is 10.1 Å². The second kappa shape index (κ2) is 8.59. The van der Waals surface area contributed by atoms with Crippen molar-refractivity contribution < 1.29 is 4.74 Å². The van der Waals surface area contributed by atoms with E-state index >= 15 is 0 Å². The molecule has 1 fully saturated rings. The Bertz CT molecular complexity index is 1520. The van der Waals surface area contributed by atoms with Gasteiger partial charge in [-0.1, -0.05) is 24.6 Å². The predicted octanol–water partition coefficient (Wildman–Crippen LogP) is 3.84. The number of methoxy groups -OCH3 is 1. The summed E-state index contributed by atoms with van der Waals surface area (Å²) in [6.07, 6.45) is 5.58. The molecule has 178 valence electrons. The van der Waals surface area contributed by atoms with Crippen molar-refractivity contribution in [3.05, 3.63) is 59.8 Å². The van der Waals surface area contributed by atoms with Crippen molar-refractivity contribution in [3.63, 3.8) is 0 Å². The summed E-state index contributed by atoms with van der Waals surface area (Å²) >= 11 is 0. The van der Waals surface area contributed by atoms with E-state index in [1.165, 1.54) is 24.8 Å². The highest BCUT2D eigenvalue weighted by atomic mass is 16.5. The molecular formula is C26H28N8O. The number of nitrogens with two attached hydrogens (primary N) is 2. The molecule has 9 heteroatoms. The average molecular weight is 469 g/mol. The van der Waals surface area contributed by atoms with Gasteiger partial charge in [-0.3, -0.25) is 5.10 Å². The van der Waals surface area contributed by atoms with E-state index in [1.807, 2.05) is 18.2 Å². The molecule has 3 heterocycles. The minimum absolute atomic E-state index is 0.160. The van der Waals surface area contributed by atoms with Gasteiger partial charge >= 0.3 is 0 Å². The number of hydrogen-bond donors (Lipinski definition) is 4. The molecule has 0 bridgehead atoms. The third-order valence-electron chi connectivity index (χ3n) is 6.93. The fourth-order valence-electron chi connectivity index (χ4n) is 4.84. The second-order valence-electron chi connectivity index (χ2n) is 9.11. The van der Waals surface area contributed by atoms with Gasteiger partial charge < -0.3 is 26.1 Å². The quantitative estimate of drug-likeness (QED) is 0.285. The lowest BCUT2D eigenvalue weighted by molar-refractivity contribution is 0.338. The summed E-state index contributed by atoms with van der Waals surface area (Å²) in [5.41, 5.74) is 19.0. The fraction of sp³-hybridized carbons (Fsp3) is 0.269. The number of aromatic amines is 1. The topological polar surface area (TPSA) is 133 Å². The van der Waals surface area contributed by atoms with Gasteiger partial charge in [0.25, 0.3) is 0 Å². The molecule has 0 unspecified atom stereocenters. The van der Waals surface area contributed by atoms with Crippen molar-refractivity contribution in [2.75, 3.05) is 18.6 Å². The molecule has 35 heavy (non-hydrogen) atoms. The highest BCUT2D eigenvalue weighted by molar-refractivity contribution is 6.10. The van der Waals surface area contributed by atoms with Crippen LogP contribution in [0.2, 0.25) is 0 Å². The first-order valence-electron chi connectivity index (χ1n) is 11.8. The summed E-state index contributed by atoms with van der Waals surface area (Å²) in [7, 11) is 1.71. The Morgan fingerprint density at radius 1 is 1.11 bits per heavy atom. The van der Waals surface area contributed by atoms with Gasteiger partial charge in [0.15, 0.2) is 5.82 Å². The number of aromatic nitrogens is 5.